The molecule has 23 nitrogen and oxygen atoms in total. The lowest BCUT2D eigenvalue weighted by atomic mass is 9.85. The highest BCUT2D eigenvalue weighted by Crippen LogP contribution is 2.48. The first-order valence-electron chi connectivity index (χ1n) is 24.8. The highest BCUT2D eigenvalue weighted by molar-refractivity contribution is 8.77. The van der Waals surface area contributed by atoms with E-state index in [-0.39, 0.29) is 56.1 Å². The number of phenols is 1. The minimum Gasteiger partial charge on any atom is -0.508 e. The molecule has 25 heteroatoms. The average molecular weight is 1060 g/mol. The first-order valence-corrected chi connectivity index (χ1v) is 27.2. The normalized spacial score (nSPS) is 24.4. The summed E-state index contributed by atoms with van der Waals surface area (Å²) in [4.78, 5) is 151. The van der Waals surface area contributed by atoms with Crippen LogP contribution >= 0.6 is 21.6 Å². The first-order chi connectivity index (χ1) is 34.5. The van der Waals surface area contributed by atoms with E-state index in [1.807, 2.05) is 13.8 Å². The van der Waals surface area contributed by atoms with Gasteiger partial charge in [-0.2, -0.15) is 0 Å². The second-order valence-electron chi connectivity index (χ2n) is 19.6. The molecule has 4 rings (SSSR count). The smallest absolute Gasteiger partial charge is 0.246 e. The number of nitrogens with two attached hydrogens (primary N) is 3. The number of hydrogen-bond acceptors (Lipinski definition) is 14. The molecule has 1 aromatic rings. The zero-order valence-corrected chi connectivity index (χ0v) is 43.6. The molecule has 1 aliphatic carbocycles. The van der Waals surface area contributed by atoms with Gasteiger partial charge in [-0.25, -0.2) is 0 Å². The largest absolute Gasteiger partial charge is 0.508 e. The van der Waals surface area contributed by atoms with Crippen LogP contribution in [0.25, 0.3) is 0 Å². The Morgan fingerprint density at radius 1 is 0.795 bits per heavy atom. The van der Waals surface area contributed by atoms with Crippen LogP contribution in [0.5, 0.6) is 5.75 Å². The van der Waals surface area contributed by atoms with Crippen molar-refractivity contribution < 1.29 is 57.8 Å². The Morgan fingerprint density at radius 3 is 2.05 bits per heavy atom. The number of phenolic OH excluding ortho intramolecular Hbond substituents is 1. The third kappa shape index (κ3) is 18.7. The van der Waals surface area contributed by atoms with Crippen molar-refractivity contribution in [2.24, 2.45) is 29.0 Å². The molecule has 2 saturated heterocycles. The van der Waals surface area contributed by atoms with Gasteiger partial charge in [-0.15, -0.1) is 0 Å². The fourth-order valence-corrected chi connectivity index (χ4v) is 12.4. The van der Waals surface area contributed by atoms with Gasteiger partial charge >= 0.3 is 0 Å². The fourth-order valence-electron chi connectivity index (χ4n) is 9.00. The van der Waals surface area contributed by atoms with Crippen molar-refractivity contribution in [2.45, 2.75) is 165 Å². The van der Waals surface area contributed by atoms with Gasteiger partial charge in [0.05, 0.1) is 13.0 Å². The van der Waals surface area contributed by atoms with Gasteiger partial charge < -0.3 is 64.4 Å². The van der Waals surface area contributed by atoms with Gasteiger partial charge in [0.25, 0.3) is 0 Å². The maximum absolute atomic E-state index is 14.8. The number of carbonyl (C=O) groups excluding carboxylic acids is 11. The highest BCUT2D eigenvalue weighted by Gasteiger charge is 2.42. The molecular formula is C48H73N11O12S2. The Labute approximate surface area is 433 Å². The van der Waals surface area contributed by atoms with Crippen molar-refractivity contribution in [1.82, 2.24) is 42.1 Å². The van der Waals surface area contributed by atoms with Crippen molar-refractivity contribution in [3.8, 4) is 5.75 Å². The lowest BCUT2D eigenvalue weighted by molar-refractivity contribution is -0.142. The van der Waals surface area contributed by atoms with Gasteiger partial charge in [0, 0.05) is 36.3 Å². The SMILES string of the molecule is CC[C@H](C)[C@@H]1NC(=O)[C@H](Cc2ccc(O)cc2)NC(=O)CC2(CCCCC2)SSC[C@@H](C(=O)N2CCC[C@H]2C(=O)N[C@@H](CC(C)C)C(=O)NCC(N)=O)NC(=O)[C@H](CC(N)=O)NC(=O)[C@H](CCC(N)=O)NC1=O. The van der Waals surface area contributed by atoms with Crippen LogP contribution in [0.15, 0.2) is 24.3 Å². The number of aromatic hydroxyl groups is 1. The van der Waals surface area contributed by atoms with Gasteiger partial charge in [-0.05, 0) is 68.1 Å². The number of rotatable bonds is 17. The molecule has 1 saturated carbocycles. The van der Waals surface area contributed by atoms with E-state index in [9.17, 15) is 57.8 Å². The molecule has 3 fully saturated rings. The van der Waals surface area contributed by atoms with Crippen LogP contribution in [-0.2, 0) is 59.2 Å². The van der Waals surface area contributed by atoms with Gasteiger partial charge in [0.1, 0.15) is 48.0 Å². The van der Waals surface area contributed by atoms with Gasteiger partial charge in [-0.1, -0.05) is 87.1 Å². The molecule has 1 spiro atoms. The molecule has 0 unspecified atom stereocenters. The van der Waals surface area contributed by atoms with Crippen molar-refractivity contribution in [2.75, 3.05) is 18.8 Å². The Bertz CT molecular complexity index is 2180. The lowest BCUT2D eigenvalue weighted by Gasteiger charge is -2.37. The van der Waals surface area contributed by atoms with Crippen LogP contribution in [0.4, 0.5) is 0 Å². The number of carbonyl (C=O) groups is 11. The summed E-state index contributed by atoms with van der Waals surface area (Å²) in [5.41, 5.74) is 16.8. The molecule has 2 heterocycles. The summed E-state index contributed by atoms with van der Waals surface area (Å²) < 4.78 is -0.719. The van der Waals surface area contributed by atoms with Gasteiger partial charge in [-0.3, -0.25) is 52.7 Å². The maximum atomic E-state index is 14.8. The van der Waals surface area contributed by atoms with E-state index in [0.29, 0.717) is 31.2 Å². The van der Waals surface area contributed by atoms with E-state index in [1.165, 1.54) is 38.6 Å². The van der Waals surface area contributed by atoms with Gasteiger partial charge in [0.15, 0.2) is 0 Å². The summed E-state index contributed by atoms with van der Waals surface area (Å²) >= 11 is 0. The van der Waals surface area contributed by atoms with Crippen LogP contribution < -0.4 is 54.4 Å². The Balaban J connectivity index is 1.77. The number of likely N-dealkylation sites (tertiary alicyclic amines) is 1. The number of primary amides is 3. The monoisotopic (exact) mass is 1060 g/mol. The number of benzene rings is 1. The maximum Gasteiger partial charge on any atom is 0.246 e. The van der Waals surface area contributed by atoms with Crippen molar-refractivity contribution >= 4 is 86.6 Å². The number of hydrogen-bond donors (Lipinski definition) is 11. The zero-order valence-electron chi connectivity index (χ0n) is 42.0. The minimum atomic E-state index is -1.73. The minimum absolute atomic E-state index is 0.0169. The topological polar surface area (TPSA) is 374 Å². The van der Waals surface area contributed by atoms with Crippen LogP contribution in [0.3, 0.4) is 0 Å². The lowest BCUT2D eigenvalue weighted by Crippen LogP contribution is -2.61. The van der Waals surface area contributed by atoms with Gasteiger partial charge in [0.2, 0.25) is 65.0 Å². The van der Waals surface area contributed by atoms with E-state index in [2.05, 4.69) is 37.2 Å². The number of nitrogens with zero attached hydrogens (tertiary/aromatic N) is 1. The van der Waals surface area contributed by atoms with Crippen molar-refractivity contribution in [3.63, 3.8) is 0 Å². The molecule has 73 heavy (non-hydrogen) atoms. The predicted octanol–water partition coefficient (Wildman–Crippen LogP) is -0.843. The van der Waals surface area contributed by atoms with Crippen LogP contribution in [0.2, 0.25) is 0 Å². The number of nitrogens with one attached hydrogen (secondary N) is 7. The summed E-state index contributed by atoms with van der Waals surface area (Å²) in [7, 11) is 2.54. The molecule has 1 aromatic carbocycles. The van der Waals surface area contributed by atoms with E-state index >= 15 is 0 Å². The second kappa shape index (κ2) is 28.4. The third-order valence-electron chi connectivity index (χ3n) is 13.1. The molecule has 0 aromatic heterocycles. The summed E-state index contributed by atoms with van der Waals surface area (Å²) in [6, 6.07) is -3.36. The molecule has 14 N–H and O–H groups in total. The fraction of sp³-hybridized carbons (Fsp3) is 0.646. The summed E-state index contributed by atoms with van der Waals surface area (Å²) in [5.74, 6) is -9.54. The third-order valence-corrected chi connectivity index (χ3v) is 16.4. The standard InChI is InChI=1S/C48H73N11O12S2/c1-5-27(4)40-46(70)54-30(15-16-36(49)61)42(66)55-33(22-37(50)62)43(67)57-34(47(71)59-19-9-10-35(59)45(69)56-31(20-26(2)3)41(65)52-24-38(51)63)25-72-73-48(17-7-6-8-18-48)23-39(64)53-32(44(68)58-40)21-28-11-13-29(60)14-12-28/h11-14,26-27,30-35,40,60H,5-10,15-25H2,1-4H3,(H2,49,61)(H2,50,62)(H2,51,63)(H,52,65)(H,53,64)(H,54,70)(H,55,66)(H,56,69)(H,57,67)(H,58,68)/t27-,30-,31-,32-,33-,34-,35-,40-/m0/s1. The van der Waals surface area contributed by atoms with Crippen LogP contribution in [0, 0.1) is 11.8 Å². The summed E-state index contributed by atoms with van der Waals surface area (Å²) in [5, 5.41) is 28.5. The molecule has 0 radical (unpaired) electrons. The Hall–Kier alpha value is -6.11. The summed E-state index contributed by atoms with van der Waals surface area (Å²) in [6.45, 7) is 6.75. The molecule has 404 valence electrons. The zero-order chi connectivity index (χ0) is 54.0. The molecule has 0 bridgehead atoms. The van der Waals surface area contributed by atoms with Crippen molar-refractivity contribution in [3.05, 3.63) is 29.8 Å². The van der Waals surface area contributed by atoms with Crippen LogP contribution in [-0.4, -0.2) is 141 Å². The Morgan fingerprint density at radius 2 is 1.44 bits per heavy atom. The molecular weight excluding hydrogens is 987 g/mol. The van der Waals surface area contributed by atoms with Crippen molar-refractivity contribution in [1.29, 1.82) is 0 Å². The second-order valence-corrected chi connectivity index (χ2v) is 22.4. The molecule has 11 amide bonds. The van der Waals surface area contributed by atoms with Crippen LogP contribution in [0.1, 0.15) is 117 Å². The number of amides is 11. The first kappa shape index (κ1) is 59.5. The summed E-state index contributed by atoms with van der Waals surface area (Å²) in [6.07, 6.45) is 3.04. The molecule has 8 atom stereocenters. The average Bonchev–Trinajstić information content (AvgIpc) is 3.83. The quantitative estimate of drug-likeness (QED) is 0.0848. The molecule has 3 aliphatic rings. The van der Waals surface area contributed by atoms with E-state index in [1.54, 1.807) is 26.0 Å². The van der Waals surface area contributed by atoms with E-state index < -0.39 is 137 Å². The predicted molar refractivity (Wildman–Crippen MR) is 272 cm³/mol. The van der Waals surface area contributed by atoms with E-state index in [4.69, 9.17) is 17.2 Å². The Kier molecular flexibility index (Phi) is 23.1. The molecule has 2 aliphatic heterocycles. The van der Waals surface area contributed by atoms with E-state index in [0.717, 1.165) is 19.3 Å². The highest BCUT2D eigenvalue weighted by atomic mass is 33.1.